The van der Waals surface area contributed by atoms with Crippen molar-refractivity contribution in [1.29, 1.82) is 0 Å². The van der Waals surface area contributed by atoms with Gasteiger partial charge in [0.2, 0.25) is 0 Å². The number of aryl methyl sites for hydroxylation is 2. The predicted octanol–water partition coefficient (Wildman–Crippen LogP) is 8.60. The Bertz CT molecular complexity index is 1150. The fourth-order valence-electron chi connectivity index (χ4n) is 3.83. The van der Waals surface area contributed by atoms with Crippen molar-refractivity contribution in [2.75, 3.05) is 38.9 Å². The first kappa shape index (κ1) is 39.4. The van der Waals surface area contributed by atoms with E-state index < -0.39 is 0 Å². The van der Waals surface area contributed by atoms with Crippen LogP contribution in [0, 0.1) is 20.8 Å². The minimum absolute atomic E-state index is 0.386. The number of nitrogens with two attached hydrogens (primary N) is 1. The molecule has 1 aromatic carbocycles. The molecule has 3 heterocycles. The lowest BCUT2D eigenvalue weighted by atomic mass is 10.1. The van der Waals surface area contributed by atoms with Gasteiger partial charge in [0.25, 0.3) is 0 Å². The molecule has 1 aliphatic heterocycles. The van der Waals surface area contributed by atoms with Crippen molar-refractivity contribution < 1.29 is 14.0 Å². The van der Waals surface area contributed by atoms with E-state index in [-0.39, 0.29) is 0 Å². The zero-order chi connectivity index (χ0) is 32.1. The van der Waals surface area contributed by atoms with E-state index in [0.717, 1.165) is 36.4 Å². The highest BCUT2D eigenvalue weighted by Crippen LogP contribution is 2.35. The normalized spacial score (nSPS) is 13.5. The number of nitrogens with zero attached hydrogens (tertiary/aromatic N) is 3. The van der Waals surface area contributed by atoms with Crippen LogP contribution in [0.5, 0.6) is 5.75 Å². The van der Waals surface area contributed by atoms with Gasteiger partial charge in [0.05, 0.1) is 34.7 Å². The number of benzene rings is 1. The van der Waals surface area contributed by atoms with E-state index in [1.54, 1.807) is 12.1 Å². The van der Waals surface area contributed by atoms with Crippen LogP contribution in [0.25, 0.3) is 22.6 Å². The highest BCUT2D eigenvalue weighted by molar-refractivity contribution is 6.33. The van der Waals surface area contributed by atoms with Gasteiger partial charge in [0, 0.05) is 24.1 Å². The molecule has 1 fully saturated rings. The van der Waals surface area contributed by atoms with Crippen LogP contribution < -0.4 is 15.8 Å². The lowest BCUT2D eigenvalue weighted by molar-refractivity contribution is 0.0285. The van der Waals surface area contributed by atoms with E-state index in [9.17, 15) is 0 Å². The summed E-state index contributed by atoms with van der Waals surface area (Å²) in [6.45, 7) is 19.5. The molecule has 42 heavy (non-hydrogen) atoms. The van der Waals surface area contributed by atoms with Gasteiger partial charge in [-0.25, -0.2) is 9.97 Å². The topological polar surface area (TPSA) is 108 Å². The summed E-state index contributed by atoms with van der Waals surface area (Å²) in [7, 11) is 1.91. The van der Waals surface area contributed by atoms with Crippen molar-refractivity contribution in [3.8, 4) is 28.4 Å². The van der Waals surface area contributed by atoms with Crippen molar-refractivity contribution in [1.82, 2.24) is 20.4 Å². The molecule has 1 atom stereocenters. The third-order valence-corrected chi connectivity index (χ3v) is 6.21. The Hall–Kier alpha value is -2.65. The number of halogens is 2. The smallest absolute Gasteiger partial charge is 0.163 e. The lowest BCUT2D eigenvalue weighted by Gasteiger charge is -2.17. The summed E-state index contributed by atoms with van der Waals surface area (Å²) in [5.41, 5.74) is 9.88. The zero-order valence-corrected chi connectivity index (χ0v) is 28.5. The molecule has 8 nitrogen and oxygen atoms in total. The molecule has 3 N–H and O–H groups in total. The van der Waals surface area contributed by atoms with Gasteiger partial charge >= 0.3 is 0 Å². The van der Waals surface area contributed by atoms with Crippen LogP contribution in [0.2, 0.25) is 5.02 Å². The van der Waals surface area contributed by atoms with Crippen LogP contribution in [0.1, 0.15) is 70.4 Å². The first-order valence-electron chi connectivity index (χ1n) is 14.4. The molecule has 2 aromatic heterocycles. The average Bonchev–Trinajstić information content (AvgIpc) is 3.34. The van der Waals surface area contributed by atoms with Crippen LogP contribution in [-0.4, -0.2) is 54.4 Å². The van der Waals surface area contributed by atoms with E-state index >= 15 is 0 Å². The van der Waals surface area contributed by atoms with Gasteiger partial charge in [-0.2, -0.15) is 0 Å². The summed E-state index contributed by atoms with van der Waals surface area (Å²) in [5.74, 6) is 2.20. The minimum Gasteiger partial charge on any atom is -0.494 e. The maximum Gasteiger partial charge on any atom is 0.163 e. The molecule has 3 aromatic rings. The number of anilines is 1. The second-order valence-corrected chi connectivity index (χ2v) is 9.55. The monoisotopic (exact) mass is 623 g/mol. The number of nitrogen functional groups attached to an aromatic ring is 1. The number of nitrogens with one attached hydrogen (secondary N) is 1. The summed E-state index contributed by atoms with van der Waals surface area (Å²) in [6.07, 6.45) is 8.55. The van der Waals surface area contributed by atoms with E-state index in [0.29, 0.717) is 52.1 Å². The Labute approximate surface area is 263 Å². The summed E-state index contributed by atoms with van der Waals surface area (Å²) < 4.78 is 16.4. The number of ether oxygens (including phenoxy) is 2. The summed E-state index contributed by atoms with van der Waals surface area (Å²) in [4.78, 5) is 9.19. The highest BCUT2D eigenvalue weighted by atomic mass is 35.5. The van der Waals surface area contributed by atoms with E-state index in [4.69, 9.17) is 36.3 Å². The molecule has 0 aliphatic carbocycles. The molecule has 10 heteroatoms. The van der Waals surface area contributed by atoms with Crippen LogP contribution in [-0.2, 0) is 4.74 Å². The van der Waals surface area contributed by atoms with Gasteiger partial charge in [0.1, 0.15) is 17.3 Å². The summed E-state index contributed by atoms with van der Waals surface area (Å²) in [6, 6.07) is 5.44. The van der Waals surface area contributed by atoms with Gasteiger partial charge in [-0.15, -0.1) is 18.2 Å². The Morgan fingerprint density at radius 3 is 2.33 bits per heavy atom. The van der Waals surface area contributed by atoms with Crippen LogP contribution >= 0.6 is 23.2 Å². The quantitative estimate of drug-likeness (QED) is 0.153. The first-order valence-corrected chi connectivity index (χ1v) is 15.6. The number of aromatic nitrogens is 3. The van der Waals surface area contributed by atoms with Crippen LogP contribution in [0.15, 0.2) is 35.4 Å². The number of hydrogen-bond acceptors (Lipinski definition) is 8. The molecular formula is C32H51Cl2N5O3. The van der Waals surface area contributed by atoms with Crippen molar-refractivity contribution >= 4 is 29.0 Å². The maximum atomic E-state index is 6.43. The summed E-state index contributed by atoms with van der Waals surface area (Å²) in [5, 5.41) is 7.64. The number of rotatable bonds is 7. The van der Waals surface area contributed by atoms with Gasteiger partial charge in [0.15, 0.2) is 5.82 Å². The third-order valence-electron chi connectivity index (χ3n) is 5.88. The largest absolute Gasteiger partial charge is 0.494 e. The zero-order valence-electron chi connectivity index (χ0n) is 26.9. The second-order valence-electron chi connectivity index (χ2n) is 9.14. The van der Waals surface area contributed by atoms with Crippen molar-refractivity contribution in [2.45, 2.75) is 80.3 Å². The van der Waals surface area contributed by atoms with Gasteiger partial charge in [-0.3, -0.25) is 0 Å². The Morgan fingerprint density at radius 1 is 1.17 bits per heavy atom. The number of alkyl halides is 1. The lowest BCUT2D eigenvalue weighted by Crippen LogP contribution is -2.14. The standard InChI is InChI=1S/C20H24ClN5O2.C6H12O.C3H6.C2H6.CH3Cl/c1-11-18(17-12(2)26-28-13(17)3)24-20(25-19(11)22)15-10-14(6-7-16(15)21)27-9-5-8-23-4;1-6-4-2-3-5-7-6;1-3-2;2*1-2/h6-7,10,23H,5,8-9H2,1-4H3,(H2,22,24,25);6H,2-5H2,1H3;3H,1H2,2H3;1-2H3;1H3. The molecule has 1 aliphatic rings. The van der Waals surface area contributed by atoms with E-state index in [1.807, 2.05) is 60.7 Å². The molecule has 4 rings (SSSR count). The van der Waals surface area contributed by atoms with Gasteiger partial charge in [-0.05, 0) is 92.1 Å². The van der Waals surface area contributed by atoms with Gasteiger partial charge in [-0.1, -0.05) is 36.7 Å². The Kier molecular flexibility index (Phi) is 21.4. The van der Waals surface area contributed by atoms with Gasteiger partial charge < -0.3 is 25.0 Å². The van der Waals surface area contributed by atoms with E-state index in [2.05, 4.69) is 40.6 Å². The van der Waals surface area contributed by atoms with Crippen molar-refractivity contribution in [3.63, 3.8) is 0 Å². The second kappa shape index (κ2) is 22.9. The Balaban J connectivity index is 0.00000100. The fraction of sp³-hybridized carbons (Fsp3) is 0.531. The molecule has 0 bridgehead atoms. The molecular weight excluding hydrogens is 573 g/mol. The summed E-state index contributed by atoms with van der Waals surface area (Å²) >= 11 is 11.1. The molecule has 1 saturated heterocycles. The van der Waals surface area contributed by atoms with Crippen LogP contribution in [0.3, 0.4) is 0 Å². The SMILES string of the molecule is C=CC.CC.CC1CCCCO1.CCl.CNCCCOc1ccc(Cl)c(-c2nc(N)c(C)c(-c3c(C)noc3C)n2)c1. The number of allylic oxidation sites excluding steroid dienone is 1. The average molecular weight is 625 g/mol. The molecule has 0 radical (unpaired) electrons. The third kappa shape index (κ3) is 13.1. The minimum atomic E-state index is 0.386. The maximum absolute atomic E-state index is 6.43. The molecule has 1 unspecified atom stereocenters. The van der Waals surface area contributed by atoms with Crippen molar-refractivity contribution in [2.24, 2.45) is 0 Å². The fourth-order valence-corrected chi connectivity index (χ4v) is 4.03. The van der Waals surface area contributed by atoms with Crippen molar-refractivity contribution in [3.05, 3.63) is 52.9 Å². The molecule has 0 spiro atoms. The van der Waals surface area contributed by atoms with E-state index in [1.165, 1.54) is 25.6 Å². The highest BCUT2D eigenvalue weighted by Gasteiger charge is 2.20. The predicted molar refractivity (Wildman–Crippen MR) is 179 cm³/mol. The number of hydrogen-bond donors (Lipinski definition) is 2. The molecule has 0 saturated carbocycles. The Morgan fingerprint density at radius 2 is 1.83 bits per heavy atom. The molecule has 236 valence electrons. The molecule has 0 amide bonds. The van der Waals surface area contributed by atoms with Crippen LogP contribution in [0.4, 0.5) is 5.82 Å². The first-order chi connectivity index (χ1) is 20.2.